The van der Waals surface area contributed by atoms with Gasteiger partial charge in [0.15, 0.2) is 0 Å². The molecule has 1 heterocycles. The third-order valence-corrected chi connectivity index (χ3v) is 3.35. The molecule has 0 bridgehead atoms. The summed E-state index contributed by atoms with van der Waals surface area (Å²) in [4.78, 5) is 4.78. The third-order valence-electron chi connectivity index (χ3n) is 3.35. The van der Waals surface area contributed by atoms with Crippen LogP contribution in [0.5, 0.6) is 0 Å². The molecular formula is C12H26N2O. The highest BCUT2D eigenvalue weighted by Crippen LogP contribution is 2.20. The van der Waals surface area contributed by atoms with Crippen LogP contribution in [-0.4, -0.2) is 59.8 Å². The van der Waals surface area contributed by atoms with Crippen LogP contribution in [0.15, 0.2) is 0 Å². The predicted molar refractivity (Wildman–Crippen MR) is 64.0 cm³/mol. The first-order valence-electron chi connectivity index (χ1n) is 5.90. The summed E-state index contributed by atoms with van der Waals surface area (Å²) in [5.41, 5.74) is 0.201. The highest BCUT2D eigenvalue weighted by atomic mass is 16.3. The number of nitrogens with zero attached hydrogens (tertiary/aromatic N) is 2. The smallest absolute Gasteiger partial charge is 0.0599 e. The molecule has 3 nitrogen and oxygen atoms in total. The number of aliphatic hydroxyl groups excluding tert-OH is 1. The summed E-state index contributed by atoms with van der Waals surface area (Å²) in [5.74, 6) is 0.672. The summed E-state index contributed by atoms with van der Waals surface area (Å²) < 4.78 is 0. The SMILES string of the molecule is CC1CN(C)C(CO)CN(C(C)(C)C)C1. The van der Waals surface area contributed by atoms with Gasteiger partial charge in [0.1, 0.15) is 0 Å². The van der Waals surface area contributed by atoms with Crippen LogP contribution in [0.25, 0.3) is 0 Å². The van der Waals surface area contributed by atoms with Crippen molar-refractivity contribution in [3.63, 3.8) is 0 Å². The number of rotatable bonds is 1. The van der Waals surface area contributed by atoms with Gasteiger partial charge >= 0.3 is 0 Å². The van der Waals surface area contributed by atoms with E-state index in [1.165, 1.54) is 0 Å². The first kappa shape index (κ1) is 12.9. The lowest BCUT2D eigenvalue weighted by Gasteiger charge is -2.37. The van der Waals surface area contributed by atoms with E-state index >= 15 is 0 Å². The van der Waals surface area contributed by atoms with Crippen LogP contribution in [0.3, 0.4) is 0 Å². The molecule has 2 unspecified atom stereocenters. The van der Waals surface area contributed by atoms with Gasteiger partial charge in [-0.2, -0.15) is 0 Å². The maximum Gasteiger partial charge on any atom is 0.0599 e. The van der Waals surface area contributed by atoms with E-state index in [-0.39, 0.29) is 18.2 Å². The molecule has 1 aliphatic rings. The average Bonchev–Trinajstić information content (AvgIpc) is 2.22. The summed E-state index contributed by atoms with van der Waals surface area (Å²) in [6, 6.07) is 0.286. The van der Waals surface area contributed by atoms with Gasteiger partial charge < -0.3 is 5.11 Å². The van der Waals surface area contributed by atoms with Crippen LogP contribution in [0.2, 0.25) is 0 Å². The van der Waals surface area contributed by atoms with Gasteiger partial charge in [-0.1, -0.05) is 6.92 Å². The van der Waals surface area contributed by atoms with Gasteiger partial charge in [0, 0.05) is 31.2 Å². The van der Waals surface area contributed by atoms with E-state index in [1.54, 1.807) is 0 Å². The Morgan fingerprint density at radius 2 is 1.80 bits per heavy atom. The van der Waals surface area contributed by atoms with Crippen LogP contribution < -0.4 is 0 Å². The molecule has 1 saturated heterocycles. The van der Waals surface area contributed by atoms with Crippen LogP contribution in [0.1, 0.15) is 27.7 Å². The van der Waals surface area contributed by atoms with E-state index in [1.807, 2.05) is 0 Å². The first-order chi connectivity index (χ1) is 6.84. The highest BCUT2D eigenvalue weighted by Gasteiger charge is 2.30. The minimum atomic E-state index is 0.201. The molecule has 1 fully saturated rings. The Balaban J connectivity index is 2.74. The fraction of sp³-hybridized carbons (Fsp3) is 1.00. The Bertz CT molecular complexity index is 200. The highest BCUT2D eigenvalue weighted by molar-refractivity contribution is 4.86. The monoisotopic (exact) mass is 214 g/mol. The lowest BCUT2D eigenvalue weighted by molar-refractivity contribution is 0.0879. The molecule has 0 aliphatic carbocycles. The van der Waals surface area contributed by atoms with E-state index in [0.717, 1.165) is 19.6 Å². The maximum atomic E-state index is 9.39. The van der Waals surface area contributed by atoms with Gasteiger partial charge in [0.05, 0.1) is 6.61 Å². The van der Waals surface area contributed by atoms with Crippen molar-refractivity contribution in [2.24, 2.45) is 5.92 Å². The number of hydrogen-bond acceptors (Lipinski definition) is 3. The molecule has 0 saturated carbocycles. The third kappa shape index (κ3) is 3.44. The number of likely N-dealkylation sites (N-methyl/N-ethyl adjacent to an activating group) is 1. The zero-order valence-corrected chi connectivity index (χ0v) is 10.8. The van der Waals surface area contributed by atoms with Crippen molar-refractivity contribution in [2.45, 2.75) is 39.3 Å². The van der Waals surface area contributed by atoms with E-state index in [0.29, 0.717) is 5.92 Å². The number of hydrogen-bond donors (Lipinski definition) is 1. The Labute approximate surface area is 94.1 Å². The summed E-state index contributed by atoms with van der Waals surface area (Å²) in [7, 11) is 2.11. The largest absolute Gasteiger partial charge is 0.395 e. The van der Waals surface area contributed by atoms with Crippen molar-refractivity contribution in [1.82, 2.24) is 9.80 Å². The zero-order chi connectivity index (χ0) is 11.6. The lowest BCUT2D eigenvalue weighted by atomic mass is 10.0. The van der Waals surface area contributed by atoms with E-state index in [9.17, 15) is 5.11 Å². The first-order valence-corrected chi connectivity index (χ1v) is 5.90. The van der Waals surface area contributed by atoms with Gasteiger partial charge in [-0.25, -0.2) is 0 Å². The Morgan fingerprint density at radius 1 is 1.20 bits per heavy atom. The van der Waals surface area contributed by atoms with Crippen molar-refractivity contribution in [1.29, 1.82) is 0 Å². The fourth-order valence-electron chi connectivity index (χ4n) is 2.29. The lowest BCUT2D eigenvalue weighted by Crippen LogP contribution is -2.48. The molecule has 0 aromatic carbocycles. The standard InChI is InChI=1S/C12H26N2O/c1-10-6-13(5)11(9-15)8-14(7-10)12(2,3)4/h10-11,15H,6-9H2,1-5H3. The van der Waals surface area contributed by atoms with Crippen LogP contribution >= 0.6 is 0 Å². The average molecular weight is 214 g/mol. The molecular weight excluding hydrogens is 188 g/mol. The molecule has 2 atom stereocenters. The molecule has 3 heteroatoms. The molecule has 90 valence electrons. The quantitative estimate of drug-likeness (QED) is 0.706. The second-order valence-corrected chi connectivity index (χ2v) is 5.96. The topological polar surface area (TPSA) is 26.7 Å². The summed E-state index contributed by atoms with van der Waals surface area (Å²) in [5, 5.41) is 9.39. The fourth-order valence-corrected chi connectivity index (χ4v) is 2.29. The van der Waals surface area contributed by atoms with Crippen molar-refractivity contribution in [2.75, 3.05) is 33.3 Å². The summed E-state index contributed by atoms with van der Waals surface area (Å²) >= 11 is 0. The van der Waals surface area contributed by atoms with Crippen LogP contribution in [-0.2, 0) is 0 Å². The van der Waals surface area contributed by atoms with E-state index < -0.39 is 0 Å². The normalized spacial score (nSPS) is 31.6. The predicted octanol–water partition coefficient (Wildman–Crippen LogP) is 1.03. The van der Waals surface area contributed by atoms with Gasteiger partial charge in [-0.3, -0.25) is 9.80 Å². The molecule has 0 aromatic rings. The Kier molecular flexibility index (Phi) is 4.15. The second-order valence-electron chi connectivity index (χ2n) is 5.96. The van der Waals surface area contributed by atoms with E-state index in [2.05, 4.69) is 44.5 Å². The van der Waals surface area contributed by atoms with Crippen LogP contribution in [0, 0.1) is 5.92 Å². The maximum absolute atomic E-state index is 9.39. The van der Waals surface area contributed by atoms with E-state index in [4.69, 9.17) is 0 Å². The molecule has 0 radical (unpaired) electrons. The van der Waals surface area contributed by atoms with Gasteiger partial charge in [0.25, 0.3) is 0 Å². The molecule has 0 spiro atoms. The molecule has 1 rings (SSSR count). The van der Waals surface area contributed by atoms with Crippen LogP contribution in [0.4, 0.5) is 0 Å². The minimum absolute atomic E-state index is 0.201. The van der Waals surface area contributed by atoms with Gasteiger partial charge in [-0.05, 0) is 33.7 Å². The van der Waals surface area contributed by atoms with Crippen molar-refractivity contribution >= 4 is 0 Å². The number of aliphatic hydroxyl groups is 1. The summed E-state index contributed by atoms with van der Waals surface area (Å²) in [6.07, 6.45) is 0. The van der Waals surface area contributed by atoms with Crippen molar-refractivity contribution < 1.29 is 5.11 Å². The Morgan fingerprint density at radius 3 is 2.27 bits per heavy atom. The molecule has 0 aromatic heterocycles. The Hall–Kier alpha value is -0.120. The molecule has 1 aliphatic heterocycles. The summed E-state index contributed by atoms with van der Waals surface area (Å²) in [6.45, 7) is 12.5. The van der Waals surface area contributed by atoms with Crippen molar-refractivity contribution in [3.05, 3.63) is 0 Å². The van der Waals surface area contributed by atoms with Gasteiger partial charge in [0.2, 0.25) is 0 Å². The van der Waals surface area contributed by atoms with Crippen molar-refractivity contribution in [3.8, 4) is 0 Å². The second kappa shape index (κ2) is 4.81. The molecule has 0 amide bonds. The molecule has 15 heavy (non-hydrogen) atoms. The zero-order valence-electron chi connectivity index (χ0n) is 10.8. The van der Waals surface area contributed by atoms with Gasteiger partial charge in [-0.15, -0.1) is 0 Å². The molecule has 1 N–H and O–H groups in total. The minimum Gasteiger partial charge on any atom is -0.395 e.